The fraction of sp³-hybridized carbons (Fsp3) is 0.429. The highest BCUT2D eigenvalue weighted by atomic mass is 32.2. The van der Waals surface area contributed by atoms with Crippen molar-refractivity contribution in [1.82, 2.24) is 19.9 Å². The SMILES string of the molecule is Cc1c(SCCCN2CCOCC2)ccnc1CSc1nc2ccccc2[nH]1. The van der Waals surface area contributed by atoms with Crippen LogP contribution in [-0.2, 0) is 10.5 Å². The van der Waals surface area contributed by atoms with Crippen LogP contribution in [0.1, 0.15) is 17.7 Å². The maximum atomic E-state index is 5.41. The summed E-state index contributed by atoms with van der Waals surface area (Å²) in [7, 11) is 0. The lowest BCUT2D eigenvalue weighted by atomic mass is 10.2. The maximum Gasteiger partial charge on any atom is 0.166 e. The average molecular weight is 415 g/mol. The Morgan fingerprint density at radius 2 is 2.00 bits per heavy atom. The number of thioether (sulfide) groups is 2. The van der Waals surface area contributed by atoms with Gasteiger partial charge in [0.2, 0.25) is 0 Å². The van der Waals surface area contributed by atoms with Gasteiger partial charge in [0.25, 0.3) is 0 Å². The summed E-state index contributed by atoms with van der Waals surface area (Å²) in [5, 5.41) is 0.950. The first-order valence-corrected chi connectivity index (χ1v) is 11.7. The molecule has 1 saturated heterocycles. The largest absolute Gasteiger partial charge is 0.379 e. The summed E-state index contributed by atoms with van der Waals surface area (Å²) in [5.41, 5.74) is 4.53. The Labute approximate surface area is 174 Å². The molecule has 0 radical (unpaired) electrons. The van der Waals surface area contributed by atoms with Crippen LogP contribution >= 0.6 is 23.5 Å². The zero-order chi connectivity index (χ0) is 19.2. The van der Waals surface area contributed by atoms with Gasteiger partial charge in [0.1, 0.15) is 0 Å². The van der Waals surface area contributed by atoms with E-state index in [0.29, 0.717) is 0 Å². The Morgan fingerprint density at radius 1 is 1.14 bits per heavy atom. The molecule has 1 aliphatic rings. The standard InChI is InChI=1S/C21H26N4OS2/c1-16-19(15-28-21-23-17-5-2-3-6-18(17)24-21)22-8-7-20(16)27-14-4-9-25-10-12-26-13-11-25/h2-3,5-8H,4,9-15H2,1H3,(H,23,24). The number of imidazole rings is 1. The molecule has 0 amide bonds. The van der Waals surface area contributed by atoms with E-state index >= 15 is 0 Å². The van der Waals surface area contributed by atoms with Gasteiger partial charge in [0, 0.05) is 29.9 Å². The van der Waals surface area contributed by atoms with Gasteiger partial charge in [-0.15, -0.1) is 11.8 Å². The topological polar surface area (TPSA) is 54.0 Å². The van der Waals surface area contributed by atoms with Crippen molar-refractivity contribution in [2.24, 2.45) is 0 Å². The molecule has 3 aromatic rings. The minimum absolute atomic E-state index is 0.827. The summed E-state index contributed by atoms with van der Waals surface area (Å²) in [4.78, 5) is 16.5. The van der Waals surface area contributed by atoms with Gasteiger partial charge in [-0.05, 0) is 49.4 Å². The second-order valence-corrected chi connectivity index (χ2v) is 8.99. The Bertz CT molecular complexity index is 875. The van der Waals surface area contributed by atoms with Crippen molar-refractivity contribution in [2.45, 2.75) is 29.1 Å². The number of hydrogen-bond acceptors (Lipinski definition) is 6. The fourth-order valence-electron chi connectivity index (χ4n) is 3.29. The van der Waals surface area contributed by atoms with E-state index in [-0.39, 0.29) is 0 Å². The highest BCUT2D eigenvalue weighted by Crippen LogP contribution is 2.28. The highest BCUT2D eigenvalue weighted by Gasteiger charge is 2.11. The minimum atomic E-state index is 0.827. The van der Waals surface area contributed by atoms with Gasteiger partial charge in [-0.25, -0.2) is 4.98 Å². The van der Waals surface area contributed by atoms with Crippen molar-refractivity contribution in [3.05, 3.63) is 47.8 Å². The lowest BCUT2D eigenvalue weighted by molar-refractivity contribution is 0.0381. The summed E-state index contributed by atoms with van der Waals surface area (Å²) in [6.07, 6.45) is 3.14. The molecule has 4 rings (SSSR count). The van der Waals surface area contributed by atoms with Gasteiger partial charge >= 0.3 is 0 Å². The van der Waals surface area contributed by atoms with Gasteiger partial charge in [0.15, 0.2) is 5.16 Å². The molecule has 28 heavy (non-hydrogen) atoms. The highest BCUT2D eigenvalue weighted by molar-refractivity contribution is 7.99. The third-order valence-corrected chi connectivity index (χ3v) is 7.08. The van der Waals surface area contributed by atoms with E-state index < -0.39 is 0 Å². The summed E-state index contributed by atoms with van der Waals surface area (Å²) >= 11 is 3.66. The first kappa shape index (κ1) is 19.8. The second-order valence-electron chi connectivity index (χ2n) is 6.88. The van der Waals surface area contributed by atoms with Crippen molar-refractivity contribution in [3.63, 3.8) is 0 Å². The number of morpholine rings is 1. The number of nitrogens with one attached hydrogen (secondary N) is 1. The number of aromatic nitrogens is 3. The Kier molecular flexibility index (Phi) is 6.90. The molecule has 148 valence electrons. The molecule has 1 N–H and O–H groups in total. The van der Waals surface area contributed by atoms with E-state index in [1.807, 2.05) is 36.2 Å². The van der Waals surface area contributed by atoms with Crippen LogP contribution in [-0.4, -0.2) is 58.5 Å². The molecule has 0 aliphatic carbocycles. The number of hydrogen-bond donors (Lipinski definition) is 1. The first-order chi connectivity index (χ1) is 13.8. The van der Waals surface area contributed by atoms with Crippen LogP contribution in [0.25, 0.3) is 11.0 Å². The molecule has 7 heteroatoms. The summed E-state index contributed by atoms with van der Waals surface area (Å²) in [5.74, 6) is 1.96. The van der Waals surface area contributed by atoms with E-state index in [2.05, 4.69) is 38.9 Å². The number of fused-ring (bicyclic) bond motifs is 1. The molecule has 0 saturated carbocycles. The van der Waals surface area contributed by atoms with Crippen molar-refractivity contribution in [1.29, 1.82) is 0 Å². The van der Waals surface area contributed by atoms with Crippen molar-refractivity contribution < 1.29 is 4.74 Å². The number of rotatable bonds is 8. The van der Waals surface area contributed by atoms with E-state index in [1.165, 1.54) is 16.9 Å². The summed E-state index contributed by atoms with van der Waals surface area (Å²) in [6, 6.07) is 10.3. The van der Waals surface area contributed by atoms with Crippen LogP contribution < -0.4 is 0 Å². The van der Waals surface area contributed by atoms with Crippen LogP contribution in [0.15, 0.2) is 46.6 Å². The summed E-state index contributed by atoms with van der Waals surface area (Å²) in [6.45, 7) is 7.25. The van der Waals surface area contributed by atoms with E-state index in [1.54, 1.807) is 11.8 Å². The molecular weight excluding hydrogens is 388 g/mol. The number of aromatic amines is 1. The van der Waals surface area contributed by atoms with Crippen LogP contribution in [0.3, 0.4) is 0 Å². The van der Waals surface area contributed by atoms with Crippen LogP contribution in [0, 0.1) is 6.92 Å². The molecule has 0 unspecified atom stereocenters. The number of H-pyrrole nitrogens is 1. The number of nitrogens with zero attached hydrogens (tertiary/aromatic N) is 3. The monoisotopic (exact) mass is 414 g/mol. The predicted molar refractivity (Wildman–Crippen MR) is 117 cm³/mol. The lowest BCUT2D eigenvalue weighted by Crippen LogP contribution is -2.36. The van der Waals surface area contributed by atoms with Gasteiger partial charge in [-0.1, -0.05) is 23.9 Å². The van der Waals surface area contributed by atoms with E-state index in [0.717, 1.165) is 66.2 Å². The first-order valence-electron chi connectivity index (χ1n) is 9.74. The van der Waals surface area contributed by atoms with Crippen LogP contribution in [0.2, 0.25) is 0 Å². The number of ether oxygens (including phenoxy) is 1. The zero-order valence-electron chi connectivity index (χ0n) is 16.2. The molecule has 1 aromatic carbocycles. The molecule has 0 bridgehead atoms. The predicted octanol–water partition coefficient (Wildman–Crippen LogP) is 4.37. The number of para-hydroxylation sites is 2. The number of pyridine rings is 1. The van der Waals surface area contributed by atoms with Crippen LogP contribution in [0.5, 0.6) is 0 Å². The van der Waals surface area contributed by atoms with E-state index in [4.69, 9.17) is 4.74 Å². The molecule has 0 atom stereocenters. The smallest absolute Gasteiger partial charge is 0.166 e. The normalized spacial score (nSPS) is 15.3. The quantitative estimate of drug-likeness (QED) is 0.436. The zero-order valence-corrected chi connectivity index (χ0v) is 17.8. The Balaban J connectivity index is 1.30. The number of benzene rings is 1. The lowest BCUT2D eigenvalue weighted by Gasteiger charge is -2.26. The van der Waals surface area contributed by atoms with E-state index in [9.17, 15) is 0 Å². The summed E-state index contributed by atoms with van der Waals surface area (Å²) < 4.78 is 5.41. The van der Waals surface area contributed by atoms with Gasteiger partial charge in [-0.2, -0.15) is 0 Å². The molecular formula is C21H26N4OS2. The van der Waals surface area contributed by atoms with Crippen LogP contribution in [0.4, 0.5) is 0 Å². The fourth-order valence-corrected chi connectivity index (χ4v) is 5.18. The molecule has 1 fully saturated rings. The van der Waals surface area contributed by atoms with Crippen molar-refractivity contribution in [3.8, 4) is 0 Å². The molecule has 5 nitrogen and oxygen atoms in total. The minimum Gasteiger partial charge on any atom is -0.379 e. The van der Waals surface area contributed by atoms with Gasteiger partial charge < -0.3 is 9.72 Å². The van der Waals surface area contributed by atoms with Crippen molar-refractivity contribution >= 4 is 34.6 Å². The Hall–Kier alpha value is -1.54. The third kappa shape index (κ3) is 5.08. The molecule has 3 heterocycles. The van der Waals surface area contributed by atoms with Crippen molar-refractivity contribution in [2.75, 3.05) is 38.6 Å². The molecule has 0 spiro atoms. The molecule has 1 aliphatic heterocycles. The Morgan fingerprint density at radius 3 is 2.86 bits per heavy atom. The average Bonchev–Trinajstić information content (AvgIpc) is 3.15. The maximum absolute atomic E-state index is 5.41. The molecule has 2 aromatic heterocycles. The van der Waals surface area contributed by atoms with Gasteiger partial charge in [-0.3, -0.25) is 9.88 Å². The van der Waals surface area contributed by atoms with Gasteiger partial charge in [0.05, 0.1) is 29.9 Å². The second kappa shape index (κ2) is 9.78. The third-order valence-electron chi connectivity index (χ3n) is 4.95.